The summed E-state index contributed by atoms with van der Waals surface area (Å²) in [5, 5.41) is 0. The molecular weight excluding hydrogens is 286 g/mol. The van der Waals surface area contributed by atoms with E-state index < -0.39 is 5.60 Å². The second kappa shape index (κ2) is 4.86. The average Bonchev–Trinajstić information content (AvgIpc) is 2.89. The topological polar surface area (TPSA) is 29.5 Å². The van der Waals surface area contributed by atoms with E-state index in [0.29, 0.717) is 6.42 Å². The smallest absolute Gasteiger partial charge is 0.307 e. The van der Waals surface area contributed by atoms with Gasteiger partial charge in [0.1, 0.15) is 5.60 Å². The average molecular weight is 311 g/mol. The van der Waals surface area contributed by atoms with Crippen molar-refractivity contribution in [2.45, 2.75) is 63.0 Å². The largest absolute Gasteiger partial charge is 0.454 e. The molecule has 1 saturated heterocycles. The standard InChI is InChI=1S/C20H25NO2/c1-4-5-6-7-11-15-18-20(13-17(22)23-19(15,20)2)14-10-8-9-12-16(14)21(18)3/h8-12,18H,4-7,13H2,1-3H3/b15-11+/t18-,19-,20-/m0/s1. The summed E-state index contributed by atoms with van der Waals surface area (Å²) < 4.78 is 5.89. The first-order valence-electron chi connectivity index (χ1n) is 8.81. The number of esters is 1. The Morgan fingerprint density at radius 2 is 2.13 bits per heavy atom. The van der Waals surface area contributed by atoms with Gasteiger partial charge in [-0.25, -0.2) is 0 Å². The molecule has 1 saturated carbocycles. The number of nitrogens with zero attached hydrogens (tertiary/aromatic N) is 1. The summed E-state index contributed by atoms with van der Waals surface area (Å²) in [4.78, 5) is 14.6. The molecule has 0 bridgehead atoms. The van der Waals surface area contributed by atoms with E-state index in [4.69, 9.17) is 4.74 Å². The molecule has 23 heavy (non-hydrogen) atoms. The molecule has 0 aromatic heterocycles. The van der Waals surface area contributed by atoms with Crippen molar-refractivity contribution in [3.63, 3.8) is 0 Å². The molecule has 3 aliphatic rings. The van der Waals surface area contributed by atoms with E-state index in [1.807, 2.05) is 0 Å². The van der Waals surface area contributed by atoms with E-state index in [2.05, 4.69) is 56.1 Å². The molecule has 0 radical (unpaired) electrons. The monoisotopic (exact) mass is 311 g/mol. The molecule has 2 heterocycles. The van der Waals surface area contributed by atoms with Crippen molar-refractivity contribution < 1.29 is 9.53 Å². The van der Waals surface area contributed by atoms with Crippen LogP contribution in [0.2, 0.25) is 0 Å². The molecule has 1 spiro atoms. The molecule has 0 amide bonds. The summed E-state index contributed by atoms with van der Waals surface area (Å²) in [6.07, 6.45) is 7.62. The van der Waals surface area contributed by atoms with Crippen LogP contribution < -0.4 is 4.90 Å². The highest BCUT2D eigenvalue weighted by molar-refractivity contribution is 5.86. The molecule has 3 nitrogen and oxygen atoms in total. The van der Waals surface area contributed by atoms with E-state index >= 15 is 0 Å². The zero-order valence-electron chi connectivity index (χ0n) is 14.3. The third-order valence-electron chi connectivity index (χ3n) is 6.23. The summed E-state index contributed by atoms with van der Waals surface area (Å²) in [6, 6.07) is 8.78. The van der Waals surface area contributed by atoms with Gasteiger partial charge in [0, 0.05) is 12.7 Å². The summed E-state index contributed by atoms with van der Waals surface area (Å²) in [7, 11) is 2.15. The van der Waals surface area contributed by atoms with Gasteiger partial charge in [-0.2, -0.15) is 0 Å². The number of hydrogen-bond donors (Lipinski definition) is 0. The van der Waals surface area contributed by atoms with Crippen LogP contribution in [0.1, 0.15) is 51.5 Å². The van der Waals surface area contributed by atoms with Gasteiger partial charge >= 0.3 is 5.97 Å². The molecule has 2 aliphatic heterocycles. The summed E-state index contributed by atoms with van der Waals surface area (Å²) >= 11 is 0. The Balaban J connectivity index is 1.77. The lowest BCUT2D eigenvalue weighted by Crippen LogP contribution is -2.69. The van der Waals surface area contributed by atoms with Crippen LogP contribution in [0.3, 0.4) is 0 Å². The zero-order valence-corrected chi connectivity index (χ0v) is 14.3. The van der Waals surface area contributed by atoms with Crippen molar-refractivity contribution in [1.82, 2.24) is 0 Å². The van der Waals surface area contributed by atoms with E-state index in [0.717, 1.165) is 6.42 Å². The Morgan fingerprint density at radius 3 is 2.91 bits per heavy atom. The van der Waals surface area contributed by atoms with Gasteiger partial charge in [-0.3, -0.25) is 4.79 Å². The third-order valence-corrected chi connectivity index (χ3v) is 6.23. The number of anilines is 1. The number of hydrogen-bond acceptors (Lipinski definition) is 3. The van der Waals surface area contributed by atoms with Crippen LogP contribution in [0.5, 0.6) is 0 Å². The number of carbonyl (C=O) groups excluding carboxylic acids is 1. The summed E-state index contributed by atoms with van der Waals surface area (Å²) in [5.74, 6) is -0.0560. The molecule has 1 aliphatic carbocycles. The van der Waals surface area contributed by atoms with Crippen molar-refractivity contribution in [3.05, 3.63) is 41.5 Å². The number of fused-ring (bicyclic) bond motifs is 1. The van der Waals surface area contributed by atoms with Crippen molar-refractivity contribution in [2.24, 2.45) is 0 Å². The van der Waals surface area contributed by atoms with Gasteiger partial charge in [-0.05, 0) is 37.0 Å². The number of rotatable bonds is 4. The normalized spacial score (nSPS) is 35.6. The number of allylic oxidation sites excluding steroid dienone is 1. The van der Waals surface area contributed by atoms with Crippen LogP contribution in [0.15, 0.2) is 35.9 Å². The Bertz CT molecular complexity index is 695. The second-order valence-corrected chi connectivity index (χ2v) is 7.34. The first-order valence-corrected chi connectivity index (χ1v) is 8.81. The minimum atomic E-state index is -0.457. The molecule has 0 unspecified atom stereocenters. The highest BCUT2D eigenvalue weighted by atomic mass is 16.6. The number of para-hydroxylation sites is 1. The fourth-order valence-electron chi connectivity index (χ4n) is 5.17. The summed E-state index contributed by atoms with van der Waals surface area (Å²) in [5.41, 5.74) is 3.19. The zero-order chi connectivity index (χ0) is 16.2. The van der Waals surface area contributed by atoms with Crippen LogP contribution in [0.4, 0.5) is 5.69 Å². The Hall–Kier alpha value is -1.77. The van der Waals surface area contributed by atoms with E-state index in [-0.39, 0.29) is 17.4 Å². The number of benzene rings is 1. The molecular formula is C20H25NO2. The van der Waals surface area contributed by atoms with Crippen molar-refractivity contribution in [3.8, 4) is 0 Å². The highest BCUT2D eigenvalue weighted by Gasteiger charge is 2.77. The van der Waals surface area contributed by atoms with Gasteiger partial charge in [-0.15, -0.1) is 0 Å². The van der Waals surface area contributed by atoms with Crippen molar-refractivity contribution in [2.75, 3.05) is 11.9 Å². The lowest BCUT2D eigenvalue weighted by atomic mass is 9.49. The Kier molecular flexibility index (Phi) is 3.13. The van der Waals surface area contributed by atoms with Gasteiger partial charge < -0.3 is 9.64 Å². The number of unbranched alkanes of at least 4 members (excludes halogenated alkanes) is 3. The van der Waals surface area contributed by atoms with Crippen molar-refractivity contribution in [1.29, 1.82) is 0 Å². The molecule has 1 aromatic rings. The number of likely N-dealkylation sites (N-methyl/N-ethyl adjacent to an activating group) is 1. The molecule has 2 fully saturated rings. The second-order valence-electron chi connectivity index (χ2n) is 7.34. The van der Waals surface area contributed by atoms with Crippen LogP contribution in [-0.2, 0) is 14.9 Å². The first-order chi connectivity index (χ1) is 11.1. The van der Waals surface area contributed by atoms with Crippen molar-refractivity contribution >= 4 is 11.7 Å². The quantitative estimate of drug-likeness (QED) is 0.479. The molecule has 1 aromatic carbocycles. The molecule has 4 rings (SSSR count). The Labute approximate surface area is 138 Å². The van der Waals surface area contributed by atoms with Gasteiger partial charge in [0.25, 0.3) is 0 Å². The maximum atomic E-state index is 12.2. The number of carbonyl (C=O) groups is 1. The molecule has 0 N–H and O–H groups in total. The van der Waals surface area contributed by atoms with Gasteiger partial charge in [-0.1, -0.05) is 44.0 Å². The Morgan fingerprint density at radius 1 is 1.35 bits per heavy atom. The third kappa shape index (κ3) is 1.63. The van der Waals surface area contributed by atoms with Gasteiger partial charge in [0.2, 0.25) is 0 Å². The first kappa shape index (κ1) is 14.8. The fraction of sp³-hybridized carbons (Fsp3) is 0.550. The number of ether oxygens (including phenoxy) is 1. The van der Waals surface area contributed by atoms with E-state index in [9.17, 15) is 4.79 Å². The minimum absolute atomic E-state index is 0.0560. The highest BCUT2D eigenvalue weighted by Crippen LogP contribution is 2.69. The molecule has 3 atom stereocenters. The fourth-order valence-corrected chi connectivity index (χ4v) is 5.17. The predicted molar refractivity (Wildman–Crippen MR) is 91.7 cm³/mol. The van der Waals surface area contributed by atoms with E-state index in [1.54, 1.807) is 0 Å². The SMILES string of the molecule is CCCCC/C=C1\[C@@H]2N(C)c3ccccc3[C@@]23CC(=O)O[C@@]13C. The van der Waals surface area contributed by atoms with E-state index in [1.165, 1.54) is 36.1 Å². The van der Waals surface area contributed by atoms with Crippen LogP contribution >= 0.6 is 0 Å². The predicted octanol–water partition coefficient (Wildman–Crippen LogP) is 3.97. The lowest BCUT2D eigenvalue weighted by molar-refractivity contribution is -0.148. The van der Waals surface area contributed by atoms with Crippen LogP contribution in [0, 0.1) is 0 Å². The van der Waals surface area contributed by atoms with Crippen LogP contribution in [0.25, 0.3) is 0 Å². The molecule has 122 valence electrons. The minimum Gasteiger partial charge on any atom is -0.454 e. The maximum absolute atomic E-state index is 12.2. The van der Waals surface area contributed by atoms with Gasteiger partial charge in [0.15, 0.2) is 0 Å². The lowest BCUT2D eigenvalue weighted by Gasteiger charge is -2.57. The maximum Gasteiger partial charge on any atom is 0.307 e. The van der Waals surface area contributed by atoms with Gasteiger partial charge in [0.05, 0.1) is 17.9 Å². The van der Waals surface area contributed by atoms with Crippen LogP contribution in [-0.4, -0.2) is 24.7 Å². The summed E-state index contributed by atoms with van der Waals surface area (Å²) in [6.45, 7) is 4.35. The molecule has 3 heteroatoms.